The van der Waals surface area contributed by atoms with Crippen LogP contribution < -0.4 is 4.74 Å². The number of rotatable bonds is 9. The summed E-state index contributed by atoms with van der Waals surface area (Å²) in [6, 6.07) is 7.91. The zero-order valence-electron chi connectivity index (χ0n) is 18.2. The van der Waals surface area contributed by atoms with Crippen LogP contribution in [0.15, 0.2) is 35.7 Å². The Morgan fingerprint density at radius 3 is 2.77 bits per heavy atom. The van der Waals surface area contributed by atoms with E-state index < -0.39 is 5.82 Å². The lowest BCUT2D eigenvalue weighted by Gasteiger charge is -2.37. The molecule has 1 aromatic heterocycles. The molecule has 3 rings (SSSR count). The summed E-state index contributed by atoms with van der Waals surface area (Å²) in [5.74, 6) is -0.413. The predicted molar refractivity (Wildman–Crippen MR) is 118 cm³/mol. The first-order valence-corrected chi connectivity index (χ1v) is 11.3. The first-order valence-electron chi connectivity index (χ1n) is 10.4. The quantitative estimate of drug-likeness (QED) is 0.589. The van der Waals surface area contributed by atoms with Gasteiger partial charge in [-0.1, -0.05) is 26.0 Å². The van der Waals surface area contributed by atoms with Crippen molar-refractivity contribution >= 4 is 23.2 Å². The first-order chi connectivity index (χ1) is 14.9. The van der Waals surface area contributed by atoms with Crippen LogP contribution in [0.1, 0.15) is 30.3 Å². The third-order valence-electron chi connectivity index (χ3n) is 5.18. The van der Waals surface area contributed by atoms with Gasteiger partial charge in [0.2, 0.25) is 11.8 Å². The molecule has 0 spiro atoms. The second-order valence-corrected chi connectivity index (χ2v) is 9.00. The van der Waals surface area contributed by atoms with Crippen molar-refractivity contribution in [3.63, 3.8) is 0 Å². The number of nitrogens with zero attached hydrogens (tertiary/aromatic N) is 2. The Balaban J connectivity index is 1.77. The minimum Gasteiger partial charge on any atom is -0.488 e. The van der Waals surface area contributed by atoms with Gasteiger partial charge in [-0.3, -0.25) is 9.59 Å². The Hall–Kier alpha value is -2.45. The summed E-state index contributed by atoms with van der Waals surface area (Å²) in [7, 11) is 1.46. The lowest BCUT2D eigenvalue weighted by Crippen LogP contribution is -2.49. The second-order valence-electron chi connectivity index (χ2n) is 7.99. The van der Waals surface area contributed by atoms with Crippen LogP contribution in [0.3, 0.4) is 0 Å². The molecule has 1 aliphatic rings. The van der Waals surface area contributed by atoms with Crippen molar-refractivity contribution in [2.45, 2.75) is 26.3 Å². The molecule has 0 saturated heterocycles. The van der Waals surface area contributed by atoms with Crippen molar-refractivity contribution in [1.82, 2.24) is 9.80 Å². The van der Waals surface area contributed by atoms with E-state index in [1.165, 1.54) is 18.1 Å². The largest absolute Gasteiger partial charge is 0.488 e. The number of thiophene rings is 1. The molecule has 168 valence electrons. The second kappa shape index (κ2) is 10.7. The molecule has 1 atom stereocenters. The zero-order chi connectivity index (χ0) is 22.4. The summed E-state index contributed by atoms with van der Waals surface area (Å²) >= 11 is 1.65. The van der Waals surface area contributed by atoms with E-state index in [1.807, 2.05) is 25.3 Å². The lowest BCUT2D eigenvalue weighted by molar-refractivity contribution is -0.145. The van der Waals surface area contributed by atoms with Crippen LogP contribution in [0.25, 0.3) is 0 Å². The van der Waals surface area contributed by atoms with Crippen LogP contribution in [0.5, 0.6) is 5.75 Å². The molecule has 0 fully saturated rings. The molecule has 6 nitrogen and oxygen atoms in total. The Morgan fingerprint density at radius 2 is 2.06 bits per heavy atom. The van der Waals surface area contributed by atoms with E-state index in [2.05, 4.69) is 0 Å². The third kappa shape index (κ3) is 5.83. The van der Waals surface area contributed by atoms with E-state index in [4.69, 9.17) is 9.47 Å². The van der Waals surface area contributed by atoms with E-state index in [9.17, 15) is 14.0 Å². The van der Waals surface area contributed by atoms with Gasteiger partial charge in [0.1, 0.15) is 13.2 Å². The lowest BCUT2D eigenvalue weighted by atomic mass is 10.0. The van der Waals surface area contributed by atoms with Gasteiger partial charge in [-0.2, -0.15) is 0 Å². The van der Waals surface area contributed by atoms with Crippen molar-refractivity contribution in [2.75, 3.05) is 40.0 Å². The molecule has 31 heavy (non-hydrogen) atoms. The highest BCUT2D eigenvalue weighted by molar-refractivity contribution is 7.10. The fourth-order valence-electron chi connectivity index (χ4n) is 3.77. The average molecular weight is 449 g/mol. The van der Waals surface area contributed by atoms with Crippen molar-refractivity contribution in [2.24, 2.45) is 5.92 Å². The molecular formula is C23H29FN2O4S. The van der Waals surface area contributed by atoms with E-state index in [-0.39, 0.29) is 49.3 Å². The summed E-state index contributed by atoms with van der Waals surface area (Å²) < 4.78 is 24.8. The van der Waals surface area contributed by atoms with Crippen molar-refractivity contribution in [3.05, 3.63) is 52.0 Å². The topological polar surface area (TPSA) is 59.1 Å². The van der Waals surface area contributed by atoms with Gasteiger partial charge in [-0.15, -0.1) is 11.3 Å². The molecule has 0 saturated carbocycles. The number of benzene rings is 1. The van der Waals surface area contributed by atoms with Crippen molar-refractivity contribution in [3.8, 4) is 5.75 Å². The van der Waals surface area contributed by atoms with Crippen LogP contribution in [0.4, 0.5) is 4.39 Å². The smallest absolute Gasteiger partial charge is 0.249 e. The van der Waals surface area contributed by atoms with Crippen LogP contribution in [0, 0.1) is 11.7 Å². The Bertz CT molecular complexity index is 901. The zero-order valence-corrected chi connectivity index (χ0v) is 19.0. The fourth-order valence-corrected chi connectivity index (χ4v) is 4.70. The predicted octanol–water partition coefficient (Wildman–Crippen LogP) is 3.52. The number of carbonyl (C=O) groups excluding carboxylic acids is 2. The summed E-state index contributed by atoms with van der Waals surface area (Å²) in [6.07, 6.45) is 0.755. The number of hydrogen-bond acceptors (Lipinski definition) is 5. The van der Waals surface area contributed by atoms with Gasteiger partial charge in [0.25, 0.3) is 0 Å². The van der Waals surface area contributed by atoms with Gasteiger partial charge in [-0.05, 0) is 41.5 Å². The van der Waals surface area contributed by atoms with Gasteiger partial charge in [0.05, 0.1) is 12.6 Å². The Labute approximate surface area is 186 Å². The molecule has 1 aromatic carbocycles. The third-order valence-corrected chi connectivity index (χ3v) is 6.18. The molecular weight excluding hydrogens is 419 g/mol. The standard InChI is InChI=1S/C23H29FN2O4S/c1-16(2)12-25(23(28)15-29-3)13-22(27)26-10-8-21-17(9-11-31-21)19(26)14-30-20-7-5-4-6-18(20)24/h4-7,9,11,16,19H,8,10,12-15H2,1-3H3. The maximum absolute atomic E-state index is 14.0. The van der Waals surface area contributed by atoms with E-state index in [0.29, 0.717) is 13.1 Å². The number of carbonyl (C=O) groups is 2. The molecule has 2 amide bonds. The number of ether oxygens (including phenoxy) is 2. The fraction of sp³-hybridized carbons (Fsp3) is 0.478. The van der Waals surface area contributed by atoms with Crippen LogP contribution >= 0.6 is 11.3 Å². The summed E-state index contributed by atoms with van der Waals surface area (Å²) in [5, 5.41) is 2.00. The summed E-state index contributed by atoms with van der Waals surface area (Å²) in [4.78, 5) is 30.2. The van der Waals surface area contributed by atoms with Gasteiger partial charge in [0.15, 0.2) is 11.6 Å². The molecule has 1 aliphatic heterocycles. The van der Waals surface area contributed by atoms with Crippen LogP contribution in [-0.2, 0) is 20.7 Å². The highest BCUT2D eigenvalue weighted by Gasteiger charge is 2.33. The van der Waals surface area contributed by atoms with Gasteiger partial charge in [0, 0.05) is 25.1 Å². The monoisotopic (exact) mass is 448 g/mol. The Kier molecular flexibility index (Phi) is 8.03. The minimum absolute atomic E-state index is 0.0178. The summed E-state index contributed by atoms with van der Waals surface area (Å²) in [6.45, 7) is 5.08. The maximum Gasteiger partial charge on any atom is 0.249 e. The average Bonchev–Trinajstić information content (AvgIpc) is 3.21. The van der Waals surface area contributed by atoms with Crippen LogP contribution in [-0.4, -0.2) is 61.6 Å². The van der Waals surface area contributed by atoms with E-state index in [0.717, 1.165) is 12.0 Å². The number of methoxy groups -OCH3 is 1. The number of amides is 2. The SMILES string of the molecule is COCC(=O)N(CC(=O)N1CCc2sccc2C1COc1ccccc1F)CC(C)C. The molecule has 0 bridgehead atoms. The highest BCUT2D eigenvalue weighted by Crippen LogP contribution is 2.34. The molecule has 8 heteroatoms. The number of para-hydroxylation sites is 1. The molecule has 0 radical (unpaired) electrons. The number of halogens is 1. The summed E-state index contributed by atoms with van der Waals surface area (Å²) in [5.41, 5.74) is 1.03. The molecule has 2 aromatic rings. The minimum atomic E-state index is -0.435. The van der Waals surface area contributed by atoms with Gasteiger partial charge < -0.3 is 19.3 Å². The maximum atomic E-state index is 14.0. The number of fused-ring (bicyclic) bond motifs is 1. The number of hydrogen-bond donors (Lipinski definition) is 0. The molecule has 1 unspecified atom stereocenters. The van der Waals surface area contributed by atoms with E-state index >= 15 is 0 Å². The normalized spacial score (nSPS) is 15.6. The van der Waals surface area contributed by atoms with Gasteiger partial charge >= 0.3 is 0 Å². The van der Waals surface area contributed by atoms with Crippen LogP contribution in [0.2, 0.25) is 0 Å². The van der Waals surface area contributed by atoms with E-state index in [1.54, 1.807) is 39.3 Å². The molecule has 0 N–H and O–H groups in total. The van der Waals surface area contributed by atoms with Gasteiger partial charge in [-0.25, -0.2) is 4.39 Å². The first kappa shape index (κ1) is 23.2. The Morgan fingerprint density at radius 1 is 1.29 bits per heavy atom. The van der Waals surface area contributed by atoms with Crippen molar-refractivity contribution < 1.29 is 23.5 Å². The molecule has 2 heterocycles. The molecule has 0 aliphatic carbocycles. The van der Waals surface area contributed by atoms with Crippen molar-refractivity contribution in [1.29, 1.82) is 0 Å². The highest BCUT2D eigenvalue weighted by atomic mass is 32.1.